The molecule has 30 heteroatoms. The molecule has 12 heterocycles. The van der Waals surface area contributed by atoms with Crippen LogP contribution in [0.15, 0.2) is 158 Å². The zero-order valence-corrected chi connectivity index (χ0v) is 66.7. The molecule has 4 aliphatic rings. The Morgan fingerprint density at radius 1 is 0.462 bits per heavy atom. The fourth-order valence-corrected chi connectivity index (χ4v) is 15.1. The van der Waals surface area contributed by atoms with Crippen molar-refractivity contribution >= 4 is 95.7 Å². The average molecular weight is 1600 g/mol. The minimum atomic E-state index is -1.74. The van der Waals surface area contributed by atoms with Crippen molar-refractivity contribution in [2.24, 2.45) is 44.8 Å². The summed E-state index contributed by atoms with van der Waals surface area (Å²) in [5, 5.41) is 32.6. The number of aromatic nitrogens is 12. The molecule has 0 saturated carbocycles. The molecule has 7 atom stereocenters. The number of fused-ring (bicyclic) bond motifs is 4. The maximum Gasteiger partial charge on any atom is 0.276 e. The third kappa shape index (κ3) is 22.0. The molecule has 4 aromatic carbocycles. The lowest BCUT2D eigenvalue weighted by molar-refractivity contribution is -0.0596. The van der Waals surface area contributed by atoms with Crippen molar-refractivity contribution < 1.29 is 64.2 Å². The summed E-state index contributed by atoms with van der Waals surface area (Å²) in [5.41, 5.74) is 12.8. The standard InChI is InChI=1S/C22H25FN4O3.C22H27N5O3.C22H26N4O3.C20H22N4O3.CH4/c1-13-8-15(9-14(2)30-13)12-29-22-18-6-5-17(10-20(18)27(3)26-22)25-21(28)19-7-4-16(23)11-24-19;1-13-9-15(10-14(2)30-13)12-29-22-17-7-6-16(11-19(17)27(3)26-22)25-21(28)20-18(23)5-4-8-24-20;1-14-10-16(11-15(2)29-14)13-28-22-18-8-7-17(12-20(18)26(3)25-22)24-21(27)19-6-4-5-9-23-19;1-2-24-18-11-15(22-19(25)17-5-3-4-9-21-17)6-7-16(18)20(23-24)27-13-14-8-10-26-12-14;/h4-7,10-11,13-15H,8-9,12H2,1-3H3,(H,25,28);4-8,11,13-15H,9-10,12,23H2,1-3H3,(H,25,28);4-9,12,14-16H,10-11,13H2,1-3H3,(H,24,27);3-7,9,11,14H,2,8,10,12-13H2,1H3,(H,22,25);1H4/i;;;2D2;. The Labute approximate surface area is 681 Å². The molecular weight excluding hydrogens is 1490 g/mol. The van der Waals surface area contributed by atoms with E-state index in [1.807, 2.05) is 69.7 Å². The molecule has 29 nitrogen and oxygen atoms in total. The van der Waals surface area contributed by atoms with E-state index >= 15 is 0 Å². The van der Waals surface area contributed by atoms with Crippen molar-refractivity contribution in [3.8, 4) is 23.5 Å². The number of halogens is 1. The Bertz CT molecular complexity index is 5440. The molecule has 0 radical (unpaired) electrons. The number of carbonyl (C=O) groups excluding carboxylic acids is 4. The number of nitrogens with two attached hydrogens (primary N) is 1. The molecule has 4 fully saturated rings. The lowest BCUT2D eigenvalue weighted by Crippen LogP contribution is -2.32. The topological polar surface area (TPSA) is 339 Å². The van der Waals surface area contributed by atoms with Gasteiger partial charge in [0, 0.05) is 81.5 Å². The maximum atomic E-state index is 13.0. The Morgan fingerprint density at radius 2 is 0.829 bits per heavy atom. The van der Waals surface area contributed by atoms with Gasteiger partial charge in [0.25, 0.3) is 23.6 Å². The molecular formula is C87H104FN17O12. The second-order valence-electron chi connectivity index (χ2n) is 30.0. The highest BCUT2D eigenvalue weighted by Crippen LogP contribution is 2.36. The molecule has 0 bridgehead atoms. The molecule has 4 saturated heterocycles. The number of aryl methyl sites for hydroxylation is 4. The van der Waals surface area contributed by atoms with Gasteiger partial charge in [-0.15, -0.1) is 20.4 Å². The Balaban J connectivity index is 0.000000145. The van der Waals surface area contributed by atoms with Gasteiger partial charge in [0.05, 0.1) is 128 Å². The fraction of sp³-hybridized carbons (Fsp3) is 0.402. The Morgan fingerprint density at radius 3 is 1.19 bits per heavy atom. The van der Waals surface area contributed by atoms with Gasteiger partial charge in [-0.1, -0.05) is 19.6 Å². The highest BCUT2D eigenvalue weighted by molar-refractivity contribution is 6.08. The van der Waals surface area contributed by atoms with Crippen LogP contribution >= 0.6 is 0 Å². The summed E-state index contributed by atoms with van der Waals surface area (Å²) in [4.78, 5) is 65.5. The van der Waals surface area contributed by atoms with Gasteiger partial charge >= 0.3 is 0 Å². The quantitative estimate of drug-likeness (QED) is 0.0446. The van der Waals surface area contributed by atoms with Crippen LogP contribution in [-0.2, 0) is 46.6 Å². The largest absolute Gasteiger partial charge is 0.476 e. The number of pyridine rings is 4. The predicted octanol–water partition coefficient (Wildman–Crippen LogP) is 14.9. The second-order valence-corrected chi connectivity index (χ2v) is 30.0. The van der Waals surface area contributed by atoms with Gasteiger partial charge in [0.1, 0.15) is 22.9 Å². The Hall–Kier alpha value is -12.0. The highest BCUT2D eigenvalue weighted by atomic mass is 19.1. The van der Waals surface area contributed by atoms with E-state index in [-0.39, 0.29) is 73.2 Å². The highest BCUT2D eigenvalue weighted by Gasteiger charge is 2.30. The van der Waals surface area contributed by atoms with Crippen LogP contribution in [0.1, 0.15) is 146 Å². The number of amides is 4. The number of carbonyl (C=O) groups is 4. The predicted molar refractivity (Wildman–Crippen MR) is 447 cm³/mol. The van der Waals surface area contributed by atoms with Gasteiger partial charge in [0.2, 0.25) is 23.5 Å². The summed E-state index contributed by atoms with van der Waals surface area (Å²) in [6, 6.07) is 38.2. The molecule has 7 unspecified atom stereocenters. The van der Waals surface area contributed by atoms with E-state index in [0.717, 1.165) is 90.5 Å². The lowest BCUT2D eigenvalue weighted by Gasteiger charge is -2.31. The van der Waals surface area contributed by atoms with E-state index in [1.54, 1.807) is 105 Å². The number of rotatable bonds is 21. The molecule has 616 valence electrons. The summed E-state index contributed by atoms with van der Waals surface area (Å²) >= 11 is 0. The summed E-state index contributed by atoms with van der Waals surface area (Å²) in [7, 11) is 5.56. The number of anilines is 5. The van der Waals surface area contributed by atoms with Crippen LogP contribution in [0.2, 0.25) is 0 Å². The van der Waals surface area contributed by atoms with Crippen LogP contribution in [0.4, 0.5) is 32.8 Å². The van der Waals surface area contributed by atoms with E-state index in [2.05, 4.69) is 103 Å². The van der Waals surface area contributed by atoms with E-state index in [9.17, 15) is 23.6 Å². The minimum absolute atomic E-state index is 0. The molecule has 8 aromatic heterocycles. The van der Waals surface area contributed by atoms with Gasteiger partial charge in [-0.2, -0.15) is 0 Å². The first kappa shape index (κ1) is 81.6. The molecule has 0 spiro atoms. The number of nitrogens with one attached hydrogen (secondary N) is 4. The van der Waals surface area contributed by atoms with Crippen molar-refractivity contribution in [2.75, 3.05) is 66.6 Å². The molecule has 16 rings (SSSR count). The normalized spacial score (nSPS) is 20.6. The van der Waals surface area contributed by atoms with Gasteiger partial charge in [-0.25, -0.2) is 14.4 Å². The summed E-state index contributed by atoms with van der Waals surface area (Å²) in [6.45, 7) is 16.0. The third-order valence-corrected chi connectivity index (χ3v) is 20.4. The molecule has 12 aromatic rings. The van der Waals surface area contributed by atoms with E-state index in [1.165, 1.54) is 23.7 Å². The zero-order chi connectivity index (χ0) is 83.3. The first-order chi connectivity index (χ1) is 56.7. The monoisotopic (exact) mass is 1600 g/mol. The van der Waals surface area contributed by atoms with Crippen molar-refractivity contribution in [2.45, 2.75) is 144 Å². The first-order valence-electron chi connectivity index (χ1n) is 40.1. The lowest BCUT2D eigenvalue weighted by atomic mass is 9.93. The van der Waals surface area contributed by atoms with Crippen LogP contribution in [0, 0.1) is 29.5 Å². The van der Waals surface area contributed by atoms with Crippen LogP contribution in [0.3, 0.4) is 0 Å². The molecule has 0 aliphatic carbocycles. The number of hydrogen-bond donors (Lipinski definition) is 5. The van der Waals surface area contributed by atoms with Gasteiger partial charge < -0.3 is 64.9 Å². The van der Waals surface area contributed by atoms with Crippen LogP contribution in [0.25, 0.3) is 43.6 Å². The SMILES string of the molecule is C.CC1CC(COc2nn(C)c3cc(NC(=O)c4ccc(F)cn4)ccc23)CC(C)O1.CC1CC(COc2nn(C)c3cc(NC(=O)c4ccccn4)ccc23)CC(C)O1.CC1CC(COc2nn(C)c3cc(NC(=O)c4ncccc4N)ccc23)CC(C)O1.[2H]C([2H])(C)n1nc(OCC2CCOC2)c2ccc(NC(=O)c3ccccn3)cc21. The number of ether oxygens (including phenoxy) is 8. The van der Waals surface area contributed by atoms with Crippen LogP contribution < -0.4 is 45.9 Å². The molecule has 6 N–H and O–H groups in total. The van der Waals surface area contributed by atoms with Crippen molar-refractivity contribution in [3.63, 3.8) is 0 Å². The second kappa shape index (κ2) is 39.1. The number of benzene rings is 4. The smallest absolute Gasteiger partial charge is 0.276 e. The number of nitrogens with zero attached hydrogens (tertiary/aromatic N) is 12. The van der Waals surface area contributed by atoms with E-state index in [4.69, 9.17) is 46.4 Å². The summed E-state index contributed by atoms with van der Waals surface area (Å²) in [6.07, 6.45) is 14.1. The zero-order valence-electron chi connectivity index (χ0n) is 68.7. The van der Waals surface area contributed by atoms with Gasteiger partial charge in [-0.3, -0.25) is 47.9 Å². The van der Waals surface area contributed by atoms with Gasteiger partial charge in [-0.05, 0) is 232 Å². The average Bonchev–Trinajstić information content (AvgIpc) is 1.63. The number of nitrogen functional groups attached to an aromatic ring is 1. The van der Waals surface area contributed by atoms with Crippen molar-refractivity contribution in [1.82, 2.24) is 59.1 Å². The molecule has 117 heavy (non-hydrogen) atoms. The Kier molecular flexibility index (Phi) is 27.3. The molecule has 4 amide bonds. The van der Waals surface area contributed by atoms with Crippen LogP contribution in [0.5, 0.6) is 23.5 Å². The van der Waals surface area contributed by atoms with Gasteiger partial charge in [0.15, 0.2) is 5.69 Å². The van der Waals surface area contributed by atoms with E-state index < -0.39 is 18.2 Å². The first-order valence-corrected chi connectivity index (χ1v) is 39.1. The maximum absolute atomic E-state index is 13.0. The summed E-state index contributed by atoms with van der Waals surface area (Å²) < 4.78 is 82.6. The third-order valence-electron chi connectivity index (χ3n) is 20.4. The minimum Gasteiger partial charge on any atom is -0.476 e. The number of hydrogen-bond acceptors (Lipinski definition) is 21. The fourth-order valence-electron chi connectivity index (χ4n) is 15.1. The molecule has 4 aliphatic heterocycles. The van der Waals surface area contributed by atoms with Crippen LogP contribution in [-0.4, -0.2) is 159 Å². The van der Waals surface area contributed by atoms with E-state index in [0.29, 0.717) is 131 Å². The van der Waals surface area contributed by atoms with Crippen molar-refractivity contribution in [3.05, 3.63) is 187 Å². The summed E-state index contributed by atoms with van der Waals surface area (Å²) in [5.74, 6) is 2.00. The van der Waals surface area contributed by atoms with Crippen molar-refractivity contribution in [1.29, 1.82) is 0 Å².